The first-order chi connectivity index (χ1) is 7.68. The Morgan fingerprint density at radius 1 is 1.56 bits per heavy atom. The lowest BCUT2D eigenvalue weighted by atomic mass is 10.0. The van der Waals surface area contributed by atoms with Gasteiger partial charge in [0.1, 0.15) is 0 Å². The van der Waals surface area contributed by atoms with E-state index in [-0.39, 0.29) is 11.9 Å². The number of urea groups is 1. The second-order valence-electron chi connectivity index (χ2n) is 4.76. The molecule has 2 atom stereocenters. The second-order valence-corrected chi connectivity index (χ2v) is 4.76. The summed E-state index contributed by atoms with van der Waals surface area (Å²) in [5, 5.41) is 2.66. The van der Waals surface area contributed by atoms with E-state index >= 15 is 0 Å². The third-order valence-electron chi connectivity index (χ3n) is 3.62. The van der Waals surface area contributed by atoms with Crippen LogP contribution in [0.1, 0.15) is 26.2 Å². The Kier molecular flexibility index (Phi) is 3.43. The average Bonchev–Trinajstić information content (AvgIpc) is 2.68. The Labute approximate surface area is 95.8 Å². The molecule has 2 saturated heterocycles. The van der Waals surface area contributed by atoms with Crippen LogP contribution < -0.4 is 10.2 Å². The Morgan fingerprint density at radius 3 is 3.00 bits per heavy atom. The number of nitrogens with zero attached hydrogens (tertiary/aromatic N) is 1. The molecular weight excluding hydrogens is 206 g/mol. The van der Waals surface area contributed by atoms with Crippen molar-refractivity contribution in [2.24, 2.45) is 0 Å². The fraction of sp³-hybridized carbons (Fsp3) is 0.818. The van der Waals surface area contributed by atoms with E-state index in [1.807, 2.05) is 0 Å². The van der Waals surface area contributed by atoms with Gasteiger partial charge in [0.05, 0.1) is 12.6 Å². The Bertz CT molecular complexity index is 293. The van der Waals surface area contributed by atoms with Crippen molar-refractivity contribution >= 4 is 11.9 Å². The molecule has 2 heterocycles. The number of quaternary nitrogens is 1. The zero-order chi connectivity index (χ0) is 11.5. The molecule has 0 bridgehead atoms. The molecule has 2 N–H and O–H groups in total. The number of likely N-dealkylation sites (tertiary alicyclic amines) is 1. The smallest absolute Gasteiger partial charge is 0.324 e. The van der Waals surface area contributed by atoms with E-state index in [1.54, 1.807) is 0 Å². The number of amides is 3. The highest BCUT2D eigenvalue weighted by Gasteiger charge is 2.31. The quantitative estimate of drug-likeness (QED) is 0.634. The van der Waals surface area contributed by atoms with Gasteiger partial charge in [0.25, 0.3) is 5.91 Å². The third kappa shape index (κ3) is 2.35. The summed E-state index contributed by atoms with van der Waals surface area (Å²) in [5.74, 6) is -0.0289. The fourth-order valence-electron chi connectivity index (χ4n) is 2.51. The minimum atomic E-state index is -0.228. The maximum Gasteiger partial charge on any atom is 0.324 e. The van der Waals surface area contributed by atoms with Crippen molar-refractivity contribution in [1.82, 2.24) is 10.2 Å². The van der Waals surface area contributed by atoms with Gasteiger partial charge in [-0.2, -0.15) is 0 Å². The van der Waals surface area contributed by atoms with Crippen LogP contribution in [-0.2, 0) is 4.79 Å². The molecular formula is C11H20N3O2+. The van der Waals surface area contributed by atoms with E-state index in [0.717, 1.165) is 6.54 Å². The summed E-state index contributed by atoms with van der Waals surface area (Å²) in [6, 6.07) is 0.317. The molecule has 2 rings (SSSR count). The summed E-state index contributed by atoms with van der Waals surface area (Å²) in [4.78, 5) is 25.9. The zero-order valence-corrected chi connectivity index (χ0v) is 9.79. The number of nitrogens with one attached hydrogen (secondary N) is 2. The number of hydrogen-bond acceptors (Lipinski definition) is 2. The molecule has 5 nitrogen and oxygen atoms in total. The summed E-state index contributed by atoms with van der Waals surface area (Å²) in [6.45, 7) is 4.83. The highest BCUT2D eigenvalue weighted by molar-refractivity contribution is 5.96. The van der Waals surface area contributed by atoms with Gasteiger partial charge >= 0.3 is 6.03 Å². The van der Waals surface area contributed by atoms with E-state index in [4.69, 9.17) is 0 Å². The molecule has 0 aromatic carbocycles. The Hall–Kier alpha value is -1.10. The zero-order valence-electron chi connectivity index (χ0n) is 9.79. The number of imide groups is 1. The minimum absolute atomic E-state index is 0.0289. The van der Waals surface area contributed by atoms with Crippen LogP contribution in [0.2, 0.25) is 0 Å². The van der Waals surface area contributed by atoms with Crippen LogP contribution >= 0.6 is 0 Å². The Balaban J connectivity index is 1.88. The predicted octanol–water partition coefficient (Wildman–Crippen LogP) is -1.00. The minimum Gasteiger partial charge on any atom is -0.336 e. The van der Waals surface area contributed by atoms with Crippen LogP contribution in [0.25, 0.3) is 0 Å². The van der Waals surface area contributed by atoms with Crippen molar-refractivity contribution in [2.45, 2.75) is 32.2 Å². The van der Waals surface area contributed by atoms with Crippen molar-refractivity contribution < 1.29 is 14.5 Å². The normalized spacial score (nSPS) is 30.3. The lowest BCUT2D eigenvalue weighted by Crippen LogP contribution is -3.17. The predicted molar refractivity (Wildman–Crippen MR) is 59.1 cm³/mol. The number of hydrogen-bond donors (Lipinski definition) is 2. The average molecular weight is 226 g/mol. The van der Waals surface area contributed by atoms with Crippen LogP contribution in [0.5, 0.6) is 0 Å². The monoisotopic (exact) mass is 226 g/mol. The maximum atomic E-state index is 11.9. The van der Waals surface area contributed by atoms with Crippen LogP contribution in [-0.4, -0.2) is 49.1 Å². The summed E-state index contributed by atoms with van der Waals surface area (Å²) in [6.07, 6.45) is 3.65. The number of rotatable bonds is 2. The molecule has 2 fully saturated rings. The van der Waals surface area contributed by atoms with E-state index in [2.05, 4.69) is 12.2 Å². The molecule has 2 aliphatic heterocycles. The fourth-order valence-corrected chi connectivity index (χ4v) is 2.51. The first kappa shape index (κ1) is 11.4. The number of carbonyl (C=O) groups excluding carboxylic acids is 2. The lowest BCUT2D eigenvalue weighted by Gasteiger charge is -2.30. The second kappa shape index (κ2) is 4.82. The van der Waals surface area contributed by atoms with Crippen molar-refractivity contribution in [3.8, 4) is 0 Å². The molecule has 0 aromatic rings. The van der Waals surface area contributed by atoms with Crippen LogP contribution in [0.3, 0.4) is 0 Å². The molecule has 0 aromatic heterocycles. The Morgan fingerprint density at radius 2 is 2.38 bits per heavy atom. The first-order valence-corrected chi connectivity index (χ1v) is 6.11. The molecule has 16 heavy (non-hydrogen) atoms. The van der Waals surface area contributed by atoms with Gasteiger partial charge < -0.3 is 10.2 Å². The van der Waals surface area contributed by atoms with Crippen LogP contribution in [0, 0.1) is 0 Å². The highest BCUT2D eigenvalue weighted by atomic mass is 16.2. The molecule has 0 aliphatic carbocycles. The van der Waals surface area contributed by atoms with E-state index in [1.165, 1.54) is 29.1 Å². The molecule has 90 valence electrons. The van der Waals surface area contributed by atoms with E-state index < -0.39 is 0 Å². The molecule has 2 aliphatic rings. The van der Waals surface area contributed by atoms with Crippen molar-refractivity contribution in [3.05, 3.63) is 0 Å². The summed E-state index contributed by atoms with van der Waals surface area (Å²) in [7, 11) is 0. The SMILES string of the molecule is C[C@H]1CCCC[NH+]1CC(=O)N1CCNC1=O. The van der Waals surface area contributed by atoms with Gasteiger partial charge in [-0.3, -0.25) is 9.69 Å². The first-order valence-electron chi connectivity index (χ1n) is 6.11. The van der Waals surface area contributed by atoms with Gasteiger partial charge in [0.2, 0.25) is 0 Å². The highest BCUT2D eigenvalue weighted by Crippen LogP contribution is 2.02. The molecule has 0 spiro atoms. The molecule has 3 amide bonds. The molecule has 0 saturated carbocycles. The van der Waals surface area contributed by atoms with Crippen LogP contribution in [0.4, 0.5) is 4.79 Å². The lowest BCUT2D eigenvalue weighted by molar-refractivity contribution is -0.921. The van der Waals surface area contributed by atoms with E-state index in [9.17, 15) is 9.59 Å². The van der Waals surface area contributed by atoms with Gasteiger partial charge in [-0.25, -0.2) is 4.79 Å². The van der Waals surface area contributed by atoms with Gasteiger partial charge in [-0.1, -0.05) is 0 Å². The topological polar surface area (TPSA) is 53.9 Å². The largest absolute Gasteiger partial charge is 0.336 e. The van der Waals surface area contributed by atoms with Crippen molar-refractivity contribution in [3.63, 3.8) is 0 Å². The van der Waals surface area contributed by atoms with Gasteiger partial charge in [-0.15, -0.1) is 0 Å². The standard InChI is InChI=1S/C11H19N3O2/c1-9-4-2-3-6-13(9)8-10(15)14-7-5-12-11(14)16/h9H,2-8H2,1H3,(H,12,16)/p+1/t9-/m0/s1. The third-order valence-corrected chi connectivity index (χ3v) is 3.62. The van der Waals surface area contributed by atoms with Crippen molar-refractivity contribution in [1.29, 1.82) is 0 Å². The molecule has 0 radical (unpaired) electrons. The summed E-state index contributed by atoms with van der Waals surface area (Å²) in [5.41, 5.74) is 0. The number of carbonyl (C=O) groups is 2. The van der Waals surface area contributed by atoms with Crippen LogP contribution in [0.15, 0.2) is 0 Å². The van der Waals surface area contributed by atoms with Gasteiger partial charge in [-0.05, 0) is 26.2 Å². The van der Waals surface area contributed by atoms with Crippen molar-refractivity contribution in [2.75, 3.05) is 26.2 Å². The molecule has 5 heteroatoms. The van der Waals surface area contributed by atoms with Gasteiger partial charge in [0.15, 0.2) is 6.54 Å². The maximum absolute atomic E-state index is 11.9. The van der Waals surface area contributed by atoms with Gasteiger partial charge in [0, 0.05) is 13.1 Å². The van der Waals surface area contributed by atoms with E-state index in [0.29, 0.717) is 25.7 Å². The molecule has 1 unspecified atom stereocenters. The number of piperidine rings is 1. The summed E-state index contributed by atoms with van der Waals surface area (Å²) >= 11 is 0. The summed E-state index contributed by atoms with van der Waals surface area (Å²) < 4.78 is 0.